The van der Waals surface area contributed by atoms with Gasteiger partial charge in [-0.1, -0.05) is 19.1 Å². The molecule has 5 heteroatoms. The first-order chi connectivity index (χ1) is 8.72. The summed E-state index contributed by atoms with van der Waals surface area (Å²) in [5.74, 6) is 0.305. The molecule has 1 heterocycles. The predicted molar refractivity (Wildman–Crippen MR) is 77.8 cm³/mol. The summed E-state index contributed by atoms with van der Waals surface area (Å²) in [6.07, 6.45) is 2.79. The number of nitrogens with one attached hydrogen (secondary N) is 1. The number of thiazole rings is 1. The Bertz CT molecular complexity index is 502. The SMILES string of the molecule is CCC(NCc1cccc(Br)c1O)c1nccs1. The van der Waals surface area contributed by atoms with Crippen molar-refractivity contribution in [3.8, 4) is 5.75 Å². The number of halogens is 1. The molecule has 0 amide bonds. The zero-order valence-electron chi connectivity index (χ0n) is 10.1. The lowest BCUT2D eigenvalue weighted by molar-refractivity contribution is 0.452. The van der Waals surface area contributed by atoms with Gasteiger partial charge in [-0.15, -0.1) is 11.3 Å². The predicted octanol–water partition coefficient (Wildman–Crippen LogP) is 3.85. The summed E-state index contributed by atoms with van der Waals surface area (Å²) < 4.78 is 0.726. The quantitative estimate of drug-likeness (QED) is 0.877. The average molecular weight is 327 g/mol. The zero-order valence-corrected chi connectivity index (χ0v) is 12.5. The second kappa shape index (κ2) is 6.31. The van der Waals surface area contributed by atoms with Crippen LogP contribution in [0.25, 0.3) is 0 Å². The molecular weight excluding hydrogens is 312 g/mol. The molecular formula is C13H15BrN2OS. The number of rotatable bonds is 5. The highest BCUT2D eigenvalue weighted by molar-refractivity contribution is 9.10. The number of benzene rings is 1. The van der Waals surface area contributed by atoms with Crippen LogP contribution < -0.4 is 5.32 Å². The van der Waals surface area contributed by atoms with Crippen molar-refractivity contribution >= 4 is 27.3 Å². The normalized spacial score (nSPS) is 12.6. The van der Waals surface area contributed by atoms with Gasteiger partial charge in [-0.25, -0.2) is 4.98 Å². The summed E-state index contributed by atoms with van der Waals surface area (Å²) in [6, 6.07) is 5.91. The van der Waals surface area contributed by atoms with Crippen LogP contribution in [0.2, 0.25) is 0 Å². The maximum Gasteiger partial charge on any atom is 0.134 e. The van der Waals surface area contributed by atoms with Gasteiger partial charge in [0.2, 0.25) is 0 Å². The molecule has 0 aliphatic rings. The van der Waals surface area contributed by atoms with E-state index in [0.717, 1.165) is 21.5 Å². The number of hydrogen-bond donors (Lipinski definition) is 2. The van der Waals surface area contributed by atoms with Crippen LogP contribution in [0.1, 0.15) is 30.0 Å². The Balaban J connectivity index is 2.04. The van der Waals surface area contributed by atoms with Gasteiger partial charge in [0.25, 0.3) is 0 Å². The number of nitrogens with zero attached hydrogens (tertiary/aromatic N) is 1. The van der Waals surface area contributed by atoms with E-state index < -0.39 is 0 Å². The van der Waals surface area contributed by atoms with Gasteiger partial charge in [-0.05, 0) is 28.4 Å². The van der Waals surface area contributed by atoms with Gasteiger partial charge in [-0.3, -0.25) is 0 Å². The molecule has 2 rings (SSSR count). The Morgan fingerprint density at radius 3 is 3.00 bits per heavy atom. The standard InChI is InChI=1S/C13H15BrN2OS/c1-2-11(13-15-6-7-18-13)16-8-9-4-3-5-10(14)12(9)17/h3-7,11,16-17H,2,8H2,1H3. The Hall–Kier alpha value is -0.910. The Kier molecular flexibility index (Phi) is 4.74. The van der Waals surface area contributed by atoms with E-state index in [1.165, 1.54) is 0 Å². The second-order valence-corrected chi connectivity index (χ2v) is 5.74. The van der Waals surface area contributed by atoms with Crippen LogP contribution >= 0.6 is 27.3 Å². The molecule has 0 spiro atoms. The molecule has 0 fully saturated rings. The van der Waals surface area contributed by atoms with Crippen LogP contribution in [0, 0.1) is 0 Å². The summed E-state index contributed by atoms with van der Waals surface area (Å²) in [5.41, 5.74) is 0.888. The number of para-hydroxylation sites is 1. The van der Waals surface area contributed by atoms with Crippen molar-refractivity contribution in [3.63, 3.8) is 0 Å². The van der Waals surface area contributed by atoms with E-state index in [1.807, 2.05) is 29.8 Å². The topological polar surface area (TPSA) is 45.1 Å². The molecule has 1 atom stereocenters. The fourth-order valence-electron chi connectivity index (χ4n) is 1.75. The van der Waals surface area contributed by atoms with Gasteiger partial charge < -0.3 is 10.4 Å². The van der Waals surface area contributed by atoms with Crippen LogP contribution in [-0.4, -0.2) is 10.1 Å². The third-order valence-electron chi connectivity index (χ3n) is 2.77. The van der Waals surface area contributed by atoms with Crippen molar-refractivity contribution in [1.29, 1.82) is 0 Å². The largest absolute Gasteiger partial charge is 0.506 e. The highest BCUT2D eigenvalue weighted by Gasteiger charge is 2.12. The molecule has 2 N–H and O–H groups in total. The molecule has 1 unspecified atom stereocenters. The van der Waals surface area contributed by atoms with Crippen molar-refractivity contribution in [1.82, 2.24) is 10.3 Å². The van der Waals surface area contributed by atoms with Gasteiger partial charge >= 0.3 is 0 Å². The maximum atomic E-state index is 9.91. The molecule has 3 nitrogen and oxygen atoms in total. The molecule has 1 aromatic carbocycles. The number of aromatic hydroxyl groups is 1. The molecule has 0 saturated carbocycles. The number of phenolic OH excluding ortho intramolecular Hbond substituents is 1. The smallest absolute Gasteiger partial charge is 0.134 e. The van der Waals surface area contributed by atoms with E-state index in [0.29, 0.717) is 12.3 Å². The highest BCUT2D eigenvalue weighted by Crippen LogP contribution is 2.28. The summed E-state index contributed by atoms with van der Waals surface area (Å²) in [7, 11) is 0. The molecule has 0 bridgehead atoms. The number of hydrogen-bond acceptors (Lipinski definition) is 4. The van der Waals surface area contributed by atoms with Crippen LogP contribution in [0.4, 0.5) is 0 Å². The highest BCUT2D eigenvalue weighted by atomic mass is 79.9. The van der Waals surface area contributed by atoms with E-state index in [2.05, 4.69) is 33.2 Å². The van der Waals surface area contributed by atoms with Crippen LogP contribution in [-0.2, 0) is 6.54 Å². The molecule has 0 radical (unpaired) electrons. The minimum absolute atomic E-state index is 0.239. The molecule has 2 aromatic rings. The first-order valence-electron chi connectivity index (χ1n) is 5.81. The number of aromatic nitrogens is 1. The van der Waals surface area contributed by atoms with Gasteiger partial charge in [0.05, 0.1) is 10.5 Å². The summed E-state index contributed by atoms with van der Waals surface area (Å²) >= 11 is 4.97. The van der Waals surface area contributed by atoms with E-state index in [-0.39, 0.29) is 6.04 Å². The lowest BCUT2D eigenvalue weighted by atomic mass is 10.1. The van der Waals surface area contributed by atoms with E-state index in [9.17, 15) is 5.11 Å². The molecule has 96 valence electrons. The summed E-state index contributed by atoms with van der Waals surface area (Å²) in [4.78, 5) is 4.32. The third kappa shape index (κ3) is 3.10. The zero-order chi connectivity index (χ0) is 13.0. The fraction of sp³-hybridized carbons (Fsp3) is 0.308. The number of phenols is 1. The van der Waals surface area contributed by atoms with Gasteiger partial charge in [0, 0.05) is 23.7 Å². The minimum Gasteiger partial charge on any atom is -0.506 e. The molecule has 1 aromatic heterocycles. The van der Waals surface area contributed by atoms with Crippen LogP contribution in [0.3, 0.4) is 0 Å². The van der Waals surface area contributed by atoms with Gasteiger partial charge in [0.15, 0.2) is 0 Å². The molecule has 18 heavy (non-hydrogen) atoms. The van der Waals surface area contributed by atoms with Gasteiger partial charge in [-0.2, -0.15) is 0 Å². The van der Waals surface area contributed by atoms with Crippen molar-refractivity contribution in [2.24, 2.45) is 0 Å². The van der Waals surface area contributed by atoms with Gasteiger partial charge in [0.1, 0.15) is 10.8 Å². The molecule has 0 saturated heterocycles. The lowest BCUT2D eigenvalue weighted by Crippen LogP contribution is -2.20. The lowest BCUT2D eigenvalue weighted by Gasteiger charge is -2.15. The van der Waals surface area contributed by atoms with Crippen molar-refractivity contribution in [3.05, 3.63) is 44.8 Å². The first-order valence-corrected chi connectivity index (χ1v) is 7.48. The van der Waals surface area contributed by atoms with Crippen molar-refractivity contribution in [2.45, 2.75) is 25.9 Å². The second-order valence-electron chi connectivity index (χ2n) is 3.96. The maximum absolute atomic E-state index is 9.91. The third-order valence-corrected chi connectivity index (χ3v) is 4.30. The monoisotopic (exact) mass is 326 g/mol. The van der Waals surface area contributed by atoms with Crippen molar-refractivity contribution in [2.75, 3.05) is 0 Å². The van der Waals surface area contributed by atoms with E-state index in [1.54, 1.807) is 11.3 Å². The Morgan fingerprint density at radius 2 is 2.33 bits per heavy atom. The molecule has 0 aliphatic carbocycles. The van der Waals surface area contributed by atoms with Crippen LogP contribution in [0.5, 0.6) is 5.75 Å². The van der Waals surface area contributed by atoms with E-state index >= 15 is 0 Å². The Morgan fingerprint density at radius 1 is 1.50 bits per heavy atom. The first kappa shape index (κ1) is 13.5. The molecule has 0 aliphatic heterocycles. The minimum atomic E-state index is 0.239. The summed E-state index contributed by atoms with van der Waals surface area (Å²) in [5, 5.41) is 16.4. The average Bonchev–Trinajstić information content (AvgIpc) is 2.89. The fourth-order valence-corrected chi connectivity index (χ4v) is 2.95. The van der Waals surface area contributed by atoms with Crippen molar-refractivity contribution < 1.29 is 5.11 Å². The van der Waals surface area contributed by atoms with E-state index in [4.69, 9.17) is 0 Å². The van der Waals surface area contributed by atoms with Crippen LogP contribution in [0.15, 0.2) is 34.2 Å². The Labute approximate surface area is 119 Å². The summed E-state index contributed by atoms with van der Waals surface area (Å²) in [6.45, 7) is 2.75.